The molecule has 24 heavy (non-hydrogen) atoms. The van der Waals surface area contributed by atoms with E-state index >= 15 is 0 Å². The van der Waals surface area contributed by atoms with Gasteiger partial charge in [0.25, 0.3) is 0 Å². The van der Waals surface area contributed by atoms with Crippen LogP contribution in [0.1, 0.15) is 43.9 Å². The Hall–Kier alpha value is -1.81. The molecule has 0 aliphatic carbocycles. The largest absolute Gasteiger partial charge is 0.378 e. The monoisotopic (exact) mass is 327 g/mol. The fourth-order valence-corrected chi connectivity index (χ4v) is 3.84. The van der Waals surface area contributed by atoms with Crippen molar-refractivity contribution in [1.82, 2.24) is 9.88 Å². The van der Waals surface area contributed by atoms with Gasteiger partial charge in [-0.15, -0.1) is 0 Å². The topological polar surface area (TPSA) is 39.3 Å². The molecular formula is C20H29N3O. The van der Waals surface area contributed by atoms with Crippen molar-refractivity contribution < 1.29 is 0 Å². The molecule has 1 aromatic carbocycles. The molecule has 0 radical (unpaired) electrons. The lowest BCUT2D eigenvalue weighted by atomic mass is 9.98. The zero-order chi connectivity index (χ0) is 17.3. The van der Waals surface area contributed by atoms with Crippen LogP contribution < -0.4 is 10.3 Å². The lowest BCUT2D eigenvalue weighted by Gasteiger charge is -2.35. The van der Waals surface area contributed by atoms with Crippen molar-refractivity contribution in [2.24, 2.45) is 0 Å². The van der Waals surface area contributed by atoms with E-state index < -0.39 is 0 Å². The van der Waals surface area contributed by atoms with Gasteiger partial charge in [-0.3, -0.25) is 9.69 Å². The Bertz CT molecular complexity index is 778. The van der Waals surface area contributed by atoms with Gasteiger partial charge in [0.15, 0.2) is 5.43 Å². The molecule has 4 heteroatoms. The molecule has 1 aliphatic heterocycles. The first kappa shape index (κ1) is 17.0. The second-order valence-corrected chi connectivity index (χ2v) is 7.21. The predicted octanol–water partition coefficient (Wildman–Crippen LogP) is 3.67. The van der Waals surface area contributed by atoms with Gasteiger partial charge in [-0.25, -0.2) is 0 Å². The summed E-state index contributed by atoms with van der Waals surface area (Å²) in [6.07, 6.45) is 4.97. The number of benzene rings is 1. The number of hydrogen-bond donors (Lipinski definition) is 1. The van der Waals surface area contributed by atoms with Crippen LogP contribution in [0, 0.1) is 6.92 Å². The van der Waals surface area contributed by atoms with E-state index in [4.69, 9.17) is 0 Å². The molecule has 3 rings (SSSR count). The average molecular weight is 327 g/mol. The van der Waals surface area contributed by atoms with Crippen LogP contribution in [0.15, 0.2) is 23.0 Å². The molecule has 2 heterocycles. The van der Waals surface area contributed by atoms with Crippen molar-refractivity contribution in [3.8, 4) is 0 Å². The van der Waals surface area contributed by atoms with Crippen molar-refractivity contribution in [3.05, 3.63) is 39.7 Å². The summed E-state index contributed by atoms with van der Waals surface area (Å²) in [6.45, 7) is 6.15. The number of H-pyrrole nitrogens is 1. The SMILES string of the molecule is CCC1CCCCN1Cc1c(C)[nH]c2ccc(N(C)C)cc2c1=O. The van der Waals surface area contributed by atoms with Gasteiger partial charge >= 0.3 is 0 Å². The van der Waals surface area contributed by atoms with Gasteiger partial charge in [-0.1, -0.05) is 13.3 Å². The quantitative estimate of drug-likeness (QED) is 0.931. The Morgan fingerprint density at radius 3 is 2.79 bits per heavy atom. The normalized spacial score (nSPS) is 18.9. The Morgan fingerprint density at radius 1 is 1.29 bits per heavy atom. The summed E-state index contributed by atoms with van der Waals surface area (Å²) in [5.74, 6) is 0. The van der Waals surface area contributed by atoms with Crippen molar-refractivity contribution >= 4 is 16.6 Å². The van der Waals surface area contributed by atoms with Gasteiger partial charge in [0.1, 0.15) is 0 Å². The molecule has 1 fully saturated rings. The van der Waals surface area contributed by atoms with Crippen LogP contribution in [0.2, 0.25) is 0 Å². The summed E-state index contributed by atoms with van der Waals surface area (Å²) in [6, 6.07) is 6.68. The van der Waals surface area contributed by atoms with Gasteiger partial charge in [-0.2, -0.15) is 0 Å². The number of rotatable bonds is 4. The first-order valence-electron chi connectivity index (χ1n) is 9.08. The standard InChI is InChI=1S/C20H29N3O/c1-5-15-8-6-7-11-23(15)13-18-14(2)21-19-10-9-16(22(3)4)12-17(19)20(18)24/h9-10,12,15H,5-8,11,13H2,1-4H3,(H,21,24). The summed E-state index contributed by atoms with van der Waals surface area (Å²) in [5, 5.41) is 0.798. The van der Waals surface area contributed by atoms with Gasteiger partial charge in [0.05, 0.1) is 0 Å². The molecule has 1 N–H and O–H groups in total. The number of pyridine rings is 1. The molecule has 0 spiro atoms. The third kappa shape index (κ3) is 3.20. The second kappa shape index (κ2) is 6.98. The van der Waals surface area contributed by atoms with Crippen LogP contribution in [-0.4, -0.2) is 36.6 Å². The summed E-state index contributed by atoms with van der Waals surface area (Å²) >= 11 is 0. The highest BCUT2D eigenvalue weighted by atomic mass is 16.1. The highest BCUT2D eigenvalue weighted by molar-refractivity contribution is 5.83. The maximum atomic E-state index is 13.1. The van der Waals surface area contributed by atoms with Crippen molar-refractivity contribution in [1.29, 1.82) is 0 Å². The van der Waals surface area contributed by atoms with E-state index in [1.165, 1.54) is 19.3 Å². The molecule has 1 atom stereocenters. The molecule has 0 saturated carbocycles. The van der Waals surface area contributed by atoms with Gasteiger partial charge in [0, 0.05) is 54.5 Å². The molecule has 1 saturated heterocycles. The fraction of sp³-hybridized carbons (Fsp3) is 0.550. The Kier molecular flexibility index (Phi) is 4.95. The van der Waals surface area contributed by atoms with Crippen LogP contribution in [0.4, 0.5) is 5.69 Å². The van der Waals surface area contributed by atoms with Crippen LogP contribution in [0.25, 0.3) is 10.9 Å². The summed E-state index contributed by atoms with van der Waals surface area (Å²) in [4.78, 5) is 21.1. The van der Waals surface area contributed by atoms with Gasteiger partial charge < -0.3 is 9.88 Å². The number of fused-ring (bicyclic) bond motifs is 1. The van der Waals surface area contributed by atoms with E-state index in [9.17, 15) is 4.79 Å². The van der Waals surface area contributed by atoms with E-state index in [0.717, 1.165) is 47.4 Å². The number of aromatic amines is 1. The number of nitrogens with one attached hydrogen (secondary N) is 1. The molecule has 4 nitrogen and oxygen atoms in total. The Balaban J connectivity index is 2.02. The van der Waals surface area contributed by atoms with Crippen molar-refractivity contribution in [3.63, 3.8) is 0 Å². The van der Waals surface area contributed by atoms with E-state index in [2.05, 4.69) is 22.9 Å². The van der Waals surface area contributed by atoms with Crippen molar-refractivity contribution in [2.75, 3.05) is 25.5 Å². The van der Waals surface area contributed by atoms with Crippen molar-refractivity contribution in [2.45, 2.75) is 52.1 Å². The van der Waals surface area contributed by atoms with Crippen LogP contribution in [0.3, 0.4) is 0 Å². The van der Waals surface area contributed by atoms with Crippen LogP contribution >= 0.6 is 0 Å². The summed E-state index contributed by atoms with van der Waals surface area (Å²) in [7, 11) is 4.01. The number of likely N-dealkylation sites (tertiary alicyclic amines) is 1. The third-order valence-corrected chi connectivity index (χ3v) is 5.39. The molecular weight excluding hydrogens is 298 g/mol. The molecule has 130 valence electrons. The average Bonchev–Trinajstić information content (AvgIpc) is 2.58. The van der Waals surface area contributed by atoms with E-state index in [1.54, 1.807) is 0 Å². The zero-order valence-corrected chi connectivity index (χ0v) is 15.4. The number of nitrogens with zero attached hydrogens (tertiary/aromatic N) is 2. The zero-order valence-electron chi connectivity index (χ0n) is 15.4. The lowest BCUT2D eigenvalue weighted by molar-refractivity contribution is 0.135. The molecule has 1 aliphatic rings. The minimum absolute atomic E-state index is 0.186. The maximum absolute atomic E-state index is 13.1. The molecule has 1 aromatic heterocycles. The molecule has 0 bridgehead atoms. The first-order chi connectivity index (χ1) is 11.5. The minimum atomic E-state index is 0.186. The van der Waals surface area contributed by atoms with Gasteiger partial charge in [0.2, 0.25) is 0 Å². The summed E-state index contributed by atoms with van der Waals surface area (Å²) in [5.41, 5.74) is 4.11. The van der Waals surface area contributed by atoms with Gasteiger partial charge in [-0.05, 0) is 50.9 Å². The molecule has 1 unspecified atom stereocenters. The number of anilines is 1. The lowest BCUT2D eigenvalue weighted by Crippen LogP contribution is -2.39. The minimum Gasteiger partial charge on any atom is -0.378 e. The van der Waals surface area contributed by atoms with E-state index in [1.807, 2.05) is 38.1 Å². The highest BCUT2D eigenvalue weighted by Gasteiger charge is 2.23. The number of hydrogen-bond acceptors (Lipinski definition) is 3. The van der Waals surface area contributed by atoms with E-state index in [0.29, 0.717) is 6.04 Å². The number of piperidine rings is 1. The molecule has 0 amide bonds. The second-order valence-electron chi connectivity index (χ2n) is 7.21. The highest BCUT2D eigenvalue weighted by Crippen LogP contribution is 2.23. The molecule has 2 aromatic rings. The smallest absolute Gasteiger partial charge is 0.194 e. The van der Waals surface area contributed by atoms with Crippen LogP contribution in [0.5, 0.6) is 0 Å². The third-order valence-electron chi connectivity index (χ3n) is 5.39. The number of aromatic nitrogens is 1. The summed E-state index contributed by atoms with van der Waals surface area (Å²) < 4.78 is 0. The first-order valence-corrected chi connectivity index (χ1v) is 9.08. The van der Waals surface area contributed by atoms with E-state index in [-0.39, 0.29) is 5.43 Å². The Morgan fingerprint density at radius 2 is 2.08 bits per heavy atom. The fourth-order valence-electron chi connectivity index (χ4n) is 3.84. The maximum Gasteiger partial charge on any atom is 0.194 e. The number of aryl methyl sites for hydroxylation is 1. The predicted molar refractivity (Wildman–Crippen MR) is 102 cm³/mol. The van der Waals surface area contributed by atoms with Crippen LogP contribution in [-0.2, 0) is 6.54 Å². The Labute approximate surface area is 144 Å².